The first kappa shape index (κ1) is 14.0. The standard InChI is InChI=1S/C12H23N3O2/c1-2-14-11(16)5-8-15-12(17)9-10-3-6-13-7-4-10/h10,13H,2-9H2,1H3,(H,14,16)(H,15,17). The van der Waals surface area contributed by atoms with E-state index >= 15 is 0 Å². The Balaban J connectivity index is 2.06. The van der Waals surface area contributed by atoms with Crippen LogP contribution >= 0.6 is 0 Å². The Hall–Kier alpha value is -1.10. The summed E-state index contributed by atoms with van der Waals surface area (Å²) in [6.45, 7) is 4.98. The van der Waals surface area contributed by atoms with Gasteiger partial charge in [0.1, 0.15) is 0 Å². The molecule has 0 spiro atoms. The summed E-state index contributed by atoms with van der Waals surface area (Å²) in [6, 6.07) is 0. The normalized spacial score (nSPS) is 16.5. The third kappa shape index (κ3) is 6.26. The topological polar surface area (TPSA) is 70.2 Å². The van der Waals surface area contributed by atoms with E-state index in [1.54, 1.807) is 0 Å². The van der Waals surface area contributed by atoms with E-state index in [0.717, 1.165) is 25.9 Å². The van der Waals surface area contributed by atoms with Crippen molar-refractivity contribution in [2.24, 2.45) is 5.92 Å². The molecule has 1 aliphatic rings. The number of amides is 2. The van der Waals surface area contributed by atoms with E-state index in [2.05, 4.69) is 16.0 Å². The summed E-state index contributed by atoms with van der Waals surface area (Å²) in [6.07, 6.45) is 3.11. The monoisotopic (exact) mass is 241 g/mol. The lowest BCUT2D eigenvalue weighted by molar-refractivity contribution is -0.123. The number of piperidine rings is 1. The van der Waals surface area contributed by atoms with Gasteiger partial charge in [-0.3, -0.25) is 9.59 Å². The van der Waals surface area contributed by atoms with Gasteiger partial charge in [0.2, 0.25) is 11.8 Å². The van der Waals surface area contributed by atoms with Crippen LogP contribution in [0.5, 0.6) is 0 Å². The van der Waals surface area contributed by atoms with E-state index < -0.39 is 0 Å². The number of rotatable bonds is 6. The van der Waals surface area contributed by atoms with Crippen LogP contribution in [-0.2, 0) is 9.59 Å². The zero-order valence-corrected chi connectivity index (χ0v) is 10.6. The van der Waals surface area contributed by atoms with Crippen LogP contribution in [0, 0.1) is 5.92 Å². The van der Waals surface area contributed by atoms with Gasteiger partial charge in [-0.15, -0.1) is 0 Å². The lowest BCUT2D eigenvalue weighted by atomic mass is 9.94. The zero-order valence-electron chi connectivity index (χ0n) is 10.6. The molecule has 5 nitrogen and oxygen atoms in total. The molecule has 0 bridgehead atoms. The smallest absolute Gasteiger partial charge is 0.221 e. The maximum absolute atomic E-state index is 11.6. The average Bonchev–Trinajstić information content (AvgIpc) is 2.30. The maximum atomic E-state index is 11.6. The fourth-order valence-corrected chi connectivity index (χ4v) is 2.02. The minimum Gasteiger partial charge on any atom is -0.356 e. The minimum absolute atomic E-state index is 0.00494. The van der Waals surface area contributed by atoms with Crippen LogP contribution in [0.2, 0.25) is 0 Å². The average molecular weight is 241 g/mol. The van der Waals surface area contributed by atoms with Gasteiger partial charge in [-0.1, -0.05) is 0 Å². The molecule has 0 aliphatic carbocycles. The largest absolute Gasteiger partial charge is 0.356 e. The molecular formula is C12H23N3O2. The second-order valence-corrected chi connectivity index (χ2v) is 4.45. The van der Waals surface area contributed by atoms with Gasteiger partial charge in [0.15, 0.2) is 0 Å². The fraction of sp³-hybridized carbons (Fsp3) is 0.833. The van der Waals surface area contributed by atoms with E-state index in [-0.39, 0.29) is 11.8 Å². The predicted molar refractivity (Wildman–Crippen MR) is 66.5 cm³/mol. The highest BCUT2D eigenvalue weighted by molar-refractivity contribution is 5.79. The quantitative estimate of drug-likeness (QED) is 0.614. The number of carbonyl (C=O) groups is 2. The van der Waals surface area contributed by atoms with Crippen molar-refractivity contribution in [1.29, 1.82) is 0 Å². The molecule has 2 amide bonds. The van der Waals surface area contributed by atoms with Gasteiger partial charge in [-0.2, -0.15) is 0 Å². The Bertz CT molecular complexity index is 250. The molecule has 0 unspecified atom stereocenters. The van der Waals surface area contributed by atoms with Gasteiger partial charge < -0.3 is 16.0 Å². The van der Waals surface area contributed by atoms with Crippen molar-refractivity contribution >= 4 is 11.8 Å². The lowest BCUT2D eigenvalue weighted by Crippen LogP contribution is -2.34. The Morgan fingerprint density at radius 3 is 2.53 bits per heavy atom. The van der Waals surface area contributed by atoms with Crippen LogP contribution in [0.4, 0.5) is 0 Å². The van der Waals surface area contributed by atoms with Crippen molar-refractivity contribution in [3.05, 3.63) is 0 Å². The minimum atomic E-state index is -0.00494. The van der Waals surface area contributed by atoms with Crippen molar-refractivity contribution in [3.8, 4) is 0 Å². The number of carbonyl (C=O) groups excluding carboxylic acids is 2. The van der Waals surface area contributed by atoms with Crippen molar-refractivity contribution in [1.82, 2.24) is 16.0 Å². The van der Waals surface area contributed by atoms with E-state index in [4.69, 9.17) is 0 Å². The first-order valence-corrected chi connectivity index (χ1v) is 6.46. The first-order valence-electron chi connectivity index (χ1n) is 6.46. The molecule has 1 rings (SSSR count). The van der Waals surface area contributed by atoms with Gasteiger partial charge in [0.05, 0.1) is 0 Å². The third-order valence-electron chi connectivity index (χ3n) is 2.98. The second kappa shape index (κ2) is 8.06. The van der Waals surface area contributed by atoms with Crippen molar-refractivity contribution in [2.45, 2.75) is 32.6 Å². The highest BCUT2D eigenvalue weighted by atomic mass is 16.2. The Morgan fingerprint density at radius 1 is 1.18 bits per heavy atom. The van der Waals surface area contributed by atoms with Gasteiger partial charge in [-0.25, -0.2) is 0 Å². The summed E-state index contributed by atoms with van der Waals surface area (Å²) in [5.74, 6) is 0.566. The van der Waals surface area contributed by atoms with E-state index in [1.807, 2.05) is 6.92 Å². The molecule has 0 radical (unpaired) electrons. The highest BCUT2D eigenvalue weighted by Crippen LogP contribution is 2.15. The highest BCUT2D eigenvalue weighted by Gasteiger charge is 2.16. The molecule has 98 valence electrons. The number of hydrogen-bond acceptors (Lipinski definition) is 3. The second-order valence-electron chi connectivity index (χ2n) is 4.45. The number of nitrogens with one attached hydrogen (secondary N) is 3. The van der Waals surface area contributed by atoms with Gasteiger partial charge in [0.25, 0.3) is 0 Å². The fourth-order valence-electron chi connectivity index (χ4n) is 2.02. The molecule has 0 atom stereocenters. The van der Waals surface area contributed by atoms with Crippen LogP contribution in [0.3, 0.4) is 0 Å². The molecule has 0 aromatic heterocycles. The summed E-state index contributed by atoms with van der Waals surface area (Å²) in [5, 5.41) is 8.78. The molecule has 5 heteroatoms. The Morgan fingerprint density at radius 2 is 1.88 bits per heavy atom. The molecule has 1 fully saturated rings. The van der Waals surface area contributed by atoms with E-state index in [9.17, 15) is 9.59 Å². The summed E-state index contributed by atoms with van der Waals surface area (Å²) < 4.78 is 0. The van der Waals surface area contributed by atoms with Crippen LogP contribution < -0.4 is 16.0 Å². The SMILES string of the molecule is CCNC(=O)CCNC(=O)CC1CCNCC1. The summed E-state index contributed by atoms with van der Waals surface area (Å²) in [4.78, 5) is 22.7. The molecule has 1 saturated heterocycles. The van der Waals surface area contributed by atoms with Gasteiger partial charge >= 0.3 is 0 Å². The van der Waals surface area contributed by atoms with Crippen LogP contribution in [0.1, 0.15) is 32.6 Å². The molecule has 1 aliphatic heterocycles. The molecule has 0 aromatic rings. The Kier molecular flexibility index (Phi) is 6.62. The zero-order chi connectivity index (χ0) is 12.5. The first-order chi connectivity index (χ1) is 8.22. The molecule has 3 N–H and O–H groups in total. The summed E-state index contributed by atoms with van der Waals surface area (Å²) in [7, 11) is 0. The van der Waals surface area contributed by atoms with Gasteiger partial charge in [0, 0.05) is 25.9 Å². The molecule has 0 saturated carbocycles. The van der Waals surface area contributed by atoms with Crippen molar-refractivity contribution < 1.29 is 9.59 Å². The predicted octanol–water partition coefficient (Wildman–Crippen LogP) is 0.0185. The number of hydrogen-bond donors (Lipinski definition) is 3. The molecule has 17 heavy (non-hydrogen) atoms. The maximum Gasteiger partial charge on any atom is 0.221 e. The summed E-state index contributed by atoms with van der Waals surface area (Å²) in [5.41, 5.74) is 0. The molecule has 1 heterocycles. The van der Waals surface area contributed by atoms with Gasteiger partial charge in [-0.05, 0) is 38.8 Å². The molecular weight excluding hydrogens is 218 g/mol. The van der Waals surface area contributed by atoms with E-state index in [1.165, 1.54) is 0 Å². The van der Waals surface area contributed by atoms with Crippen molar-refractivity contribution in [3.63, 3.8) is 0 Å². The van der Waals surface area contributed by atoms with Crippen LogP contribution in [0.15, 0.2) is 0 Å². The summed E-state index contributed by atoms with van der Waals surface area (Å²) >= 11 is 0. The van der Waals surface area contributed by atoms with Crippen LogP contribution in [-0.4, -0.2) is 38.0 Å². The van der Waals surface area contributed by atoms with E-state index in [0.29, 0.717) is 31.8 Å². The Labute approximate surface area is 103 Å². The van der Waals surface area contributed by atoms with Crippen LogP contribution in [0.25, 0.3) is 0 Å². The lowest BCUT2D eigenvalue weighted by Gasteiger charge is -2.21. The van der Waals surface area contributed by atoms with Crippen molar-refractivity contribution in [2.75, 3.05) is 26.2 Å². The third-order valence-corrected chi connectivity index (χ3v) is 2.98. The molecule has 0 aromatic carbocycles.